The zero-order valence-electron chi connectivity index (χ0n) is 12.3. The van der Waals surface area contributed by atoms with Crippen LogP contribution in [0.4, 0.5) is 5.69 Å². The van der Waals surface area contributed by atoms with Gasteiger partial charge in [0.15, 0.2) is 0 Å². The van der Waals surface area contributed by atoms with Crippen molar-refractivity contribution >= 4 is 25.4 Å². The summed E-state index contributed by atoms with van der Waals surface area (Å²) in [6, 6.07) is 27.2. The number of hydrogen-bond donors (Lipinski definition) is 0. The molecule has 4 rings (SSSR count). The van der Waals surface area contributed by atoms with E-state index in [9.17, 15) is 0 Å². The SMILES string of the molecule is [Cl][V][Cl].[NH-]c1ccccc1.[c-]1cccc2c1Cc1ccccc1-2. The Kier molecular flexibility index (Phi) is 7.57. The van der Waals surface area contributed by atoms with Crippen molar-refractivity contribution in [2.75, 3.05) is 0 Å². The Morgan fingerprint density at radius 1 is 0.826 bits per heavy atom. The van der Waals surface area contributed by atoms with E-state index in [-0.39, 0.29) is 14.4 Å². The first-order valence-electron chi connectivity index (χ1n) is 7.03. The first-order valence-corrected chi connectivity index (χ1v) is 10.9. The maximum absolute atomic E-state index is 7.00. The Balaban J connectivity index is 0.000000163. The predicted octanol–water partition coefficient (Wildman–Crippen LogP) is 6.80. The maximum Gasteiger partial charge on any atom is -0.0253 e. The van der Waals surface area contributed by atoms with E-state index in [0.29, 0.717) is 5.69 Å². The summed E-state index contributed by atoms with van der Waals surface area (Å²) in [5, 5.41) is 0. The molecule has 117 valence electrons. The number of fused-ring (bicyclic) bond motifs is 3. The van der Waals surface area contributed by atoms with Gasteiger partial charge in [0, 0.05) is 0 Å². The van der Waals surface area contributed by atoms with Crippen molar-refractivity contribution in [2.45, 2.75) is 6.42 Å². The molecule has 0 amide bonds. The number of rotatable bonds is 0. The summed E-state index contributed by atoms with van der Waals surface area (Å²) in [5.41, 5.74) is 13.1. The summed E-state index contributed by atoms with van der Waals surface area (Å²) in [5.74, 6) is 0. The van der Waals surface area contributed by atoms with Crippen molar-refractivity contribution in [1.82, 2.24) is 0 Å². The molecule has 0 saturated carbocycles. The topological polar surface area (TPSA) is 23.8 Å². The third-order valence-corrected chi connectivity index (χ3v) is 3.39. The van der Waals surface area contributed by atoms with Crippen molar-refractivity contribution in [3.8, 4) is 11.1 Å². The van der Waals surface area contributed by atoms with Gasteiger partial charge < -0.3 is 5.73 Å². The molecule has 3 aromatic carbocycles. The molecule has 1 N–H and O–H groups in total. The molecule has 1 nitrogen and oxygen atoms in total. The molecule has 23 heavy (non-hydrogen) atoms. The second-order valence-corrected chi connectivity index (χ2v) is 7.13. The van der Waals surface area contributed by atoms with E-state index in [1.807, 2.05) is 24.3 Å². The Bertz CT molecular complexity index is 689. The van der Waals surface area contributed by atoms with Crippen molar-refractivity contribution < 1.29 is 14.4 Å². The number of nitrogens with one attached hydrogen (secondary N) is 1. The molecule has 0 bridgehead atoms. The smallest absolute Gasteiger partial charge is 0.0253 e. The van der Waals surface area contributed by atoms with Crippen LogP contribution in [-0.2, 0) is 20.8 Å². The Hall–Kier alpha value is -1.38. The molecule has 1 aliphatic rings. The van der Waals surface area contributed by atoms with Crippen LogP contribution in [0.2, 0.25) is 0 Å². The van der Waals surface area contributed by atoms with Gasteiger partial charge in [0.1, 0.15) is 0 Å². The molecule has 0 radical (unpaired) electrons. The summed E-state index contributed by atoms with van der Waals surface area (Å²) in [6.07, 6.45) is 1.05. The molecule has 0 heterocycles. The average Bonchev–Trinajstić information content (AvgIpc) is 2.96. The molecular weight excluding hydrogens is 364 g/mol. The maximum atomic E-state index is 7.00. The molecule has 0 aliphatic heterocycles. The van der Waals surface area contributed by atoms with Gasteiger partial charge in [-0.25, -0.2) is 0 Å². The fourth-order valence-electron chi connectivity index (χ4n) is 2.44. The van der Waals surface area contributed by atoms with Crippen LogP contribution >= 0.6 is 19.7 Å². The van der Waals surface area contributed by atoms with Gasteiger partial charge in [0.25, 0.3) is 0 Å². The van der Waals surface area contributed by atoms with Crippen molar-refractivity contribution in [2.24, 2.45) is 0 Å². The largest absolute Gasteiger partial charge is 0.699 e. The molecule has 3 aromatic rings. The number of benzene rings is 3. The van der Waals surface area contributed by atoms with Gasteiger partial charge >= 0.3 is 34.1 Å². The third kappa shape index (κ3) is 5.33. The minimum atomic E-state index is -0.368. The van der Waals surface area contributed by atoms with Crippen LogP contribution in [0.15, 0.2) is 72.8 Å². The van der Waals surface area contributed by atoms with E-state index in [4.69, 9.17) is 25.4 Å². The quantitative estimate of drug-likeness (QED) is 0.300. The molecule has 0 aromatic heterocycles. The zero-order chi connectivity index (χ0) is 16.5. The molecule has 0 fully saturated rings. The standard InChI is InChI=1S/C13H9.C6H6N.2ClH.V/c1-3-7-12-10(5-1)9-11-6-2-4-8-13(11)12;7-6-4-2-1-3-5-6;;;/h1-5,7-8H,9H2;1-5,7H;2*1H;/q2*-1;;;+2/p-2. The van der Waals surface area contributed by atoms with E-state index in [1.54, 1.807) is 12.1 Å². The normalized spacial score (nSPS) is 10.2. The Labute approximate surface area is 152 Å². The van der Waals surface area contributed by atoms with Gasteiger partial charge in [-0.15, -0.1) is 11.3 Å². The number of hydrogen-bond acceptors (Lipinski definition) is 0. The Morgan fingerprint density at radius 3 is 2.09 bits per heavy atom. The van der Waals surface area contributed by atoms with Crippen LogP contribution in [-0.4, -0.2) is 0 Å². The minimum Gasteiger partial charge on any atom is -0.699 e. The molecule has 0 atom stereocenters. The fourth-order valence-corrected chi connectivity index (χ4v) is 2.44. The summed E-state index contributed by atoms with van der Waals surface area (Å²) in [7, 11) is 9.72. The monoisotopic (exact) mass is 378 g/mol. The van der Waals surface area contributed by atoms with Crippen molar-refractivity contribution in [1.29, 1.82) is 0 Å². The van der Waals surface area contributed by atoms with Crippen LogP contribution in [0.3, 0.4) is 0 Å². The van der Waals surface area contributed by atoms with Gasteiger partial charge in [-0.05, 0) is 6.42 Å². The molecule has 0 saturated heterocycles. The van der Waals surface area contributed by atoms with E-state index in [2.05, 4.69) is 42.5 Å². The molecular formula is C19H15Cl2NV-2. The summed E-state index contributed by atoms with van der Waals surface area (Å²) in [6.45, 7) is 0. The average molecular weight is 379 g/mol. The number of halogens is 2. The van der Waals surface area contributed by atoms with Crippen LogP contribution in [0.5, 0.6) is 0 Å². The first-order chi connectivity index (χ1) is 11.3. The van der Waals surface area contributed by atoms with Crippen LogP contribution < -0.4 is 0 Å². The first kappa shape index (κ1) is 18.0. The third-order valence-electron chi connectivity index (χ3n) is 3.39. The summed E-state index contributed by atoms with van der Waals surface area (Å²) < 4.78 is 0. The van der Waals surface area contributed by atoms with E-state index in [1.165, 1.54) is 22.3 Å². The van der Waals surface area contributed by atoms with E-state index < -0.39 is 0 Å². The minimum absolute atomic E-state index is 0.368. The van der Waals surface area contributed by atoms with Crippen molar-refractivity contribution in [3.05, 3.63) is 95.7 Å². The van der Waals surface area contributed by atoms with Gasteiger partial charge in [0.2, 0.25) is 0 Å². The molecule has 0 unspecified atom stereocenters. The summed E-state index contributed by atoms with van der Waals surface area (Å²) in [4.78, 5) is 0. The molecule has 4 heteroatoms. The van der Waals surface area contributed by atoms with Gasteiger partial charge in [-0.3, -0.25) is 0 Å². The zero-order valence-corrected chi connectivity index (χ0v) is 15.2. The van der Waals surface area contributed by atoms with Crippen LogP contribution in [0, 0.1) is 6.07 Å². The summed E-state index contributed by atoms with van der Waals surface area (Å²) >= 11 is -0.368. The van der Waals surface area contributed by atoms with Crippen LogP contribution in [0.1, 0.15) is 11.1 Å². The Morgan fingerprint density at radius 2 is 1.43 bits per heavy atom. The van der Waals surface area contributed by atoms with Crippen molar-refractivity contribution in [3.63, 3.8) is 0 Å². The molecule has 0 spiro atoms. The predicted molar refractivity (Wildman–Crippen MR) is 95.6 cm³/mol. The second-order valence-electron chi connectivity index (χ2n) is 4.83. The van der Waals surface area contributed by atoms with Gasteiger partial charge in [-0.2, -0.15) is 29.8 Å². The van der Waals surface area contributed by atoms with E-state index >= 15 is 0 Å². The van der Waals surface area contributed by atoms with E-state index in [0.717, 1.165) is 6.42 Å². The van der Waals surface area contributed by atoms with Crippen LogP contribution in [0.25, 0.3) is 16.9 Å². The second kappa shape index (κ2) is 9.69. The molecule has 1 aliphatic carbocycles. The van der Waals surface area contributed by atoms with Gasteiger partial charge in [-0.1, -0.05) is 65.7 Å². The fraction of sp³-hybridized carbons (Fsp3) is 0.0526. The van der Waals surface area contributed by atoms with Gasteiger partial charge in [0.05, 0.1) is 0 Å².